The summed E-state index contributed by atoms with van der Waals surface area (Å²) >= 11 is 0. The minimum Gasteiger partial charge on any atom is -0.495 e. The molecule has 1 fully saturated rings. The normalized spacial score (nSPS) is 12.5. The first kappa shape index (κ1) is 41.6. The van der Waals surface area contributed by atoms with E-state index in [1.807, 2.05) is 30.0 Å². The monoisotopic (exact) mass is 751 g/mol. The number of rotatable bonds is 13. The second-order valence-corrected chi connectivity index (χ2v) is 12.3. The van der Waals surface area contributed by atoms with E-state index in [1.54, 1.807) is 73.8 Å². The van der Waals surface area contributed by atoms with E-state index in [9.17, 15) is 14.4 Å². The number of para-hydroxylation sites is 1. The van der Waals surface area contributed by atoms with Crippen molar-refractivity contribution in [2.75, 3.05) is 70.8 Å². The summed E-state index contributed by atoms with van der Waals surface area (Å²) in [6.07, 6.45) is 0.668. The number of carbonyl (C=O) groups excluding carboxylic acids is 3. The van der Waals surface area contributed by atoms with Crippen LogP contribution < -0.4 is 30.2 Å². The molecule has 1 aliphatic rings. The van der Waals surface area contributed by atoms with Gasteiger partial charge in [0.15, 0.2) is 0 Å². The molecule has 0 radical (unpaired) electrons. The Labute approximate surface area is 317 Å². The molecule has 0 aliphatic carbocycles. The number of aryl methyl sites for hydroxylation is 1. The number of nitrogens with one attached hydrogen (secondary N) is 1. The number of amides is 3. The molecule has 13 heteroatoms. The molecule has 0 aromatic heterocycles. The van der Waals surface area contributed by atoms with Gasteiger partial charge in [0, 0.05) is 55.6 Å². The zero-order valence-corrected chi connectivity index (χ0v) is 31.6. The summed E-state index contributed by atoms with van der Waals surface area (Å²) in [5, 5.41) is 2.87. The molecule has 5 rings (SSSR count). The number of nitrogens with zero attached hydrogens (tertiary/aromatic N) is 3. The largest absolute Gasteiger partial charge is 0.495 e. The Balaban J connectivity index is 0.00000364. The molecule has 11 nitrogen and oxygen atoms in total. The lowest BCUT2D eigenvalue weighted by Crippen LogP contribution is -2.47. The third-order valence-corrected chi connectivity index (χ3v) is 8.64. The highest BCUT2D eigenvalue weighted by Gasteiger charge is 2.23. The lowest BCUT2D eigenvalue weighted by Gasteiger charge is -2.33. The maximum atomic E-state index is 13.5. The summed E-state index contributed by atoms with van der Waals surface area (Å²) in [4.78, 5) is 45.7. The summed E-state index contributed by atoms with van der Waals surface area (Å²) in [5.41, 5.74) is 9.90. The molecule has 0 spiro atoms. The van der Waals surface area contributed by atoms with Gasteiger partial charge in [-0.3, -0.25) is 14.4 Å². The number of ether oxygens (including phenoxy) is 3. The molecule has 0 bridgehead atoms. The molecule has 3 amide bonds. The van der Waals surface area contributed by atoms with Crippen LogP contribution >= 0.6 is 24.8 Å². The summed E-state index contributed by atoms with van der Waals surface area (Å²) in [5.74, 6) is 0.798. The predicted octanol–water partition coefficient (Wildman–Crippen LogP) is 6.07. The van der Waals surface area contributed by atoms with Crippen LogP contribution in [-0.2, 0) is 6.61 Å². The number of methoxy groups -OCH3 is 1. The molecule has 278 valence electrons. The van der Waals surface area contributed by atoms with Gasteiger partial charge in [0.25, 0.3) is 17.7 Å². The van der Waals surface area contributed by atoms with Gasteiger partial charge in [-0.25, -0.2) is 0 Å². The van der Waals surface area contributed by atoms with Gasteiger partial charge in [0.05, 0.1) is 25.0 Å². The SMILES string of the molecule is COc1cc(C(=O)N(C)c2ccc(OCc3ccc(C)cc3C(=O)N3CCN(C)CC3)cc2)ccc1NC(=O)c1ccccc1OCCCN.Cl.Cl. The van der Waals surface area contributed by atoms with E-state index < -0.39 is 0 Å². The highest BCUT2D eigenvalue weighted by Crippen LogP contribution is 2.29. The van der Waals surface area contributed by atoms with Gasteiger partial charge in [0.1, 0.15) is 23.9 Å². The van der Waals surface area contributed by atoms with Crippen molar-refractivity contribution in [3.8, 4) is 17.2 Å². The molecule has 1 aliphatic heterocycles. The van der Waals surface area contributed by atoms with Crippen LogP contribution in [0.3, 0.4) is 0 Å². The molecule has 1 heterocycles. The van der Waals surface area contributed by atoms with Crippen LogP contribution in [0.25, 0.3) is 0 Å². The van der Waals surface area contributed by atoms with Gasteiger partial charge in [-0.2, -0.15) is 0 Å². The van der Waals surface area contributed by atoms with Gasteiger partial charge in [-0.15, -0.1) is 24.8 Å². The quantitative estimate of drug-likeness (QED) is 0.158. The van der Waals surface area contributed by atoms with Crippen LogP contribution in [0.1, 0.15) is 48.6 Å². The van der Waals surface area contributed by atoms with Gasteiger partial charge in [-0.05, 0) is 87.6 Å². The second kappa shape index (κ2) is 19.7. The van der Waals surface area contributed by atoms with Crippen LogP contribution in [0, 0.1) is 6.92 Å². The molecule has 0 unspecified atom stereocenters. The van der Waals surface area contributed by atoms with Crippen molar-refractivity contribution in [2.45, 2.75) is 20.0 Å². The van der Waals surface area contributed by atoms with E-state index in [0.717, 1.165) is 24.2 Å². The van der Waals surface area contributed by atoms with Crippen molar-refractivity contribution in [1.82, 2.24) is 9.80 Å². The molecule has 52 heavy (non-hydrogen) atoms. The van der Waals surface area contributed by atoms with E-state index in [-0.39, 0.29) is 49.1 Å². The molecule has 1 saturated heterocycles. The van der Waals surface area contributed by atoms with Gasteiger partial charge in [-0.1, -0.05) is 29.8 Å². The van der Waals surface area contributed by atoms with Crippen LogP contribution in [-0.4, -0.2) is 88.1 Å². The maximum Gasteiger partial charge on any atom is 0.259 e. The molecule has 0 atom stereocenters. The Bertz CT molecular complexity index is 1820. The Morgan fingerprint density at radius 1 is 0.846 bits per heavy atom. The Kier molecular flexibility index (Phi) is 15.8. The fourth-order valence-electron chi connectivity index (χ4n) is 5.60. The van der Waals surface area contributed by atoms with Crippen LogP contribution in [0.4, 0.5) is 11.4 Å². The number of piperazine rings is 1. The van der Waals surface area contributed by atoms with Gasteiger partial charge >= 0.3 is 0 Å². The molecule has 0 saturated carbocycles. The van der Waals surface area contributed by atoms with Crippen molar-refractivity contribution in [1.29, 1.82) is 0 Å². The van der Waals surface area contributed by atoms with Crippen molar-refractivity contribution in [3.05, 3.63) is 113 Å². The Morgan fingerprint density at radius 3 is 2.25 bits per heavy atom. The highest BCUT2D eigenvalue weighted by atomic mass is 35.5. The maximum absolute atomic E-state index is 13.5. The number of hydrogen-bond acceptors (Lipinski definition) is 8. The first-order valence-corrected chi connectivity index (χ1v) is 16.7. The first-order valence-electron chi connectivity index (χ1n) is 16.7. The third kappa shape index (κ3) is 10.4. The highest BCUT2D eigenvalue weighted by molar-refractivity contribution is 6.09. The second-order valence-electron chi connectivity index (χ2n) is 12.3. The fourth-order valence-corrected chi connectivity index (χ4v) is 5.60. The summed E-state index contributed by atoms with van der Waals surface area (Å²) < 4.78 is 17.4. The lowest BCUT2D eigenvalue weighted by atomic mass is 10.0. The van der Waals surface area contributed by atoms with Gasteiger partial charge < -0.3 is 40.0 Å². The Hall–Kier alpha value is -4.81. The third-order valence-electron chi connectivity index (χ3n) is 8.64. The van der Waals surface area contributed by atoms with Crippen LogP contribution in [0.5, 0.6) is 17.2 Å². The van der Waals surface area contributed by atoms with E-state index in [4.69, 9.17) is 19.9 Å². The van der Waals surface area contributed by atoms with E-state index >= 15 is 0 Å². The minimum atomic E-state index is -0.370. The predicted molar refractivity (Wildman–Crippen MR) is 209 cm³/mol. The first-order chi connectivity index (χ1) is 24.2. The average Bonchev–Trinajstić information content (AvgIpc) is 3.14. The summed E-state index contributed by atoms with van der Waals surface area (Å²) in [6, 6.07) is 24.9. The average molecular weight is 753 g/mol. The molecule has 3 N–H and O–H groups in total. The standard InChI is InChI=1S/C39H45N5O6.2ClH/c1-27-10-11-29(33(24-27)39(47)44-21-19-42(2)20-22-44)26-50-31-15-13-30(14-16-31)43(3)38(46)28-12-17-34(36(25-28)48-4)41-37(45)32-8-5-6-9-35(32)49-23-7-18-40;;/h5-6,8-17,24-25H,7,18-23,26,40H2,1-4H3,(H,41,45);2*1H. The zero-order chi connectivity index (χ0) is 35.6. The number of nitrogens with two attached hydrogens (primary N) is 1. The summed E-state index contributed by atoms with van der Waals surface area (Å²) in [6.45, 7) is 6.21. The minimum absolute atomic E-state index is 0. The van der Waals surface area contributed by atoms with Crippen LogP contribution in [0.2, 0.25) is 0 Å². The number of halogens is 2. The van der Waals surface area contributed by atoms with E-state index in [0.29, 0.717) is 78.0 Å². The fraction of sp³-hybridized carbons (Fsp3) is 0.308. The molecular weight excluding hydrogens is 705 g/mol. The van der Waals surface area contributed by atoms with Crippen molar-refractivity contribution in [2.24, 2.45) is 5.73 Å². The number of benzene rings is 4. The number of hydrogen-bond donors (Lipinski definition) is 2. The van der Waals surface area contributed by atoms with E-state index in [2.05, 4.69) is 17.3 Å². The van der Waals surface area contributed by atoms with E-state index in [1.165, 1.54) is 12.0 Å². The number of anilines is 2. The molecule has 4 aromatic rings. The van der Waals surface area contributed by atoms with Crippen molar-refractivity contribution in [3.63, 3.8) is 0 Å². The number of likely N-dealkylation sites (N-methyl/N-ethyl adjacent to an activating group) is 1. The smallest absolute Gasteiger partial charge is 0.259 e. The number of carbonyl (C=O) groups is 3. The molecule has 4 aromatic carbocycles. The Morgan fingerprint density at radius 2 is 1.56 bits per heavy atom. The zero-order valence-electron chi connectivity index (χ0n) is 29.9. The van der Waals surface area contributed by atoms with Crippen molar-refractivity contribution < 1.29 is 28.6 Å². The topological polar surface area (TPSA) is 127 Å². The lowest BCUT2D eigenvalue weighted by molar-refractivity contribution is 0.0661. The van der Waals surface area contributed by atoms with Crippen molar-refractivity contribution >= 4 is 53.9 Å². The van der Waals surface area contributed by atoms with Crippen LogP contribution in [0.15, 0.2) is 84.9 Å². The molecular formula is C39H47Cl2N5O6. The summed E-state index contributed by atoms with van der Waals surface area (Å²) in [7, 11) is 5.23. The van der Waals surface area contributed by atoms with Gasteiger partial charge in [0.2, 0.25) is 0 Å².